The van der Waals surface area contributed by atoms with E-state index in [1.807, 2.05) is 0 Å². The summed E-state index contributed by atoms with van der Waals surface area (Å²) in [5.74, 6) is 0. The van der Waals surface area contributed by atoms with Crippen LogP contribution in [0.4, 0.5) is 0 Å². The monoisotopic (exact) mass is 255 g/mol. The van der Waals surface area contributed by atoms with Gasteiger partial charge in [-0.3, -0.25) is 4.90 Å². The van der Waals surface area contributed by atoms with E-state index in [1.54, 1.807) is 0 Å². The van der Waals surface area contributed by atoms with Gasteiger partial charge in [-0.05, 0) is 52.9 Å². The highest BCUT2D eigenvalue weighted by Gasteiger charge is 2.20. The van der Waals surface area contributed by atoms with Crippen LogP contribution in [0.25, 0.3) is 0 Å². The smallest absolute Gasteiger partial charge is 0.0195 e. The molecule has 0 bridgehead atoms. The Kier molecular flexibility index (Phi) is 8.64. The molecule has 0 saturated carbocycles. The van der Waals surface area contributed by atoms with Crippen LogP contribution in [0.15, 0.2) is 0 Å². The Balaban J connectivity index is 1.91. The van der Waals surface area contributed by atoms with Crippen molar-refractivity contribution in [1.29, 1.82) is 0 Å². The Hall–Kier alpha value is -0.120. The number of piperazine rings is 1. The van der Waals surface area contributed by atoms with E-state index in [0.29, 0.717) is 0 Å². The summed E-state index contributed by atoms with van der Waals surface area (Å²) < 4.78 is 0. The zero-order valence-electron chi connectivity index (χ0n) is 12.7. The second-order valence-corrected chi connectivity index (χ2v) is 5.81. The van der Waals surface area contributed by atoms with E-state index in [4.69, 9.17) is 0 Å². The molecule has 1 atom stereocenters. The molecule has 0 radical (unpaired) electrons. The van der Waals surface area contributed by atoms with Crippen LogP contribution in [0.1, 0.15) is 46.0 Å². The van der Waals surface area contributed by atoms with Gasteiger partial charge in [0, 0.05) is 25.7 Å². The molecule has 3 nitrogen and oxygen atoms in total. The molecule has 1 unspecified atom stereocenters. The van der Waals surface area contributed by atoms with E-state index in [1.165, 1.54) is 71.4 Å². The number of rotatable bonds is 9. The maximum Gasteiger partial charge on any atom is 0.0195 e. The lowest BCUT2D eigenvalue weighted by atomic mass is 10.1. The van der Waals surface area contributed by atoms with E-state index in [2.05, 4.69) is 36.0 Å². The molecule has 1 saturated heterocycles. The molecule has 0 spiro atoms. The molecule has 0 aromatic heterocycles. The van der Waals surface area contributed by atoms with Crippen molar-refractivity contribution in [3.63, 3.8) is 0 Å². The summed E-state index contributed by atoms with van der Waals surface area (Å²) in [4.78, 5) is 5.11. The van der Waals surface area contributed by atoms with Crippen LogP contribution in [0, 0.1) is 0 Å². The van der Waals surface area contributed by atoms with E-state index in [9.17, 15) is 0 Å². The third-order valence-corrected chi connectivity index (χ3v) is 3.94. The molecule has 0 aromatic rings. The summed E-state index contributed by atoms with van der Waals surface area (Å²) in [6, 6.07) is 0.745. The van der Waals surface area contributed by atoms with Gasteiger partial charge >= 0.3 is 0 Å². The molecule has 0 aliphatic carbocycles. The van der Waals surface area contributed by atoms with Crippen molar-refractivity contribution < 1.29 is 0 Å². The Morgan fingerprint density at radius 2 is 1.83 bits per heavy atom. The van der Waals surface area contributed by atoms with Crippen molar-refractivity contribution in [3.8, 4) is 0 Å². The standard InChI is InChI=1S/C15H33N3/c1-4-9-16-10-7-5-6-8-11-18-13-12-17(3)14-15(18)2/h15-16H,4-14H2,1-3H3. The molecule has 1 fully saturated rings. The van der Waals surface area contributed by atoms with Crippen LogP contribution in [0.2, 0.25) is 0 Å². The maximum atomic E-state index is 3.47. The minimum atomic E-state index is 0.745. The first-order valence-corrected chi connectivity index (χ1v) is 7.87. The number of nitrogens with one attached hydrogen (secondary N) is 1. The fraction of sp³-hybridized carbons (Fsp3) is 1.00. The normalized spacial score (nSPS) is 22.5. The van der Waals surface area contributed by atoms with Crippen LogP contribution >= 0.6 is 0 Å². The summed E-state index contributed by atoms with van der Waals surface area (Å²) in [6.45, 7) is 12.0. The van der Waals surface area contributed by atoms with Gasteiger partial charge in [0.1, 0.15) is 0 Å². The zero-order valence-corrected chi connectivity index (χ0v) is 12.7. The minimum Gasteiger partial charge on any atom is -0.317 e. The fourth-order valence-corrected chi connectivity index (χ4v) is 2.73. The first-order valence-electron chi connectivity index (χ1n) is 7.87. The van der Waals surface area contributed by atoms with Gasteiger partial charge in [0.15, 0.2) is 0 Å². The summed E-state index contributed by atoms with van der Waals surface area (Å²) in [5, 5.41) is 3.47. The first-order chi connectivity index (χ1) is 8.74. The van der Waals surface area contributed by atoms with Crippen molar-refractivity contribution in [1.82, 2.24) is 15.1 Å². The molecule has 1 heterocycles. The second-order valence-electron chi connectivity index (χ2n) is 5.81. The summed E-state index contributed by atoms with van der Waals surface area (Å²) in [6.07, 6.45) is 6.76. The van der Waals surface area contributed by atoms with Gasteiger partial charge in [0.2, 0.25) is 0 Å². The molecule has 18 heavy (non-hydrogen) atoms. The Bertz CT molecular complexity index is 196. The highest BCUT2D eigenvalue weighted by molar-refractivity contribution is 4.76. The van der Waals surface area contributed by atoms with E-state index in [-0.39, 0.29) is 0 Å². The Morgan fingerprint density at radius 1 is 1.06 bits per heavy atom. The highest BCUT2D eigenvalue weighted by atomic mass is 15.3. The molecule has 0 amide bonds. The molecule has 1 aliphatic rings. The summed E-state index contributed by atoms with van der Waals surface area (Å²) in [5.41, 5.74) is 0. The van der Waals surface area contributed by atoms with E-state index < -0.39 is 0 Å². The highest BCUT2D eigenvalue weighted by Crippen LogP contribution is 2.10. The van der Waals surface area contributed by atoms with Crippen LogP contribution in [0.5, 0.6) is 0 Å². The fourth-order valence-electron chi connectivity index (χ4n) is 2.73. The van der Waals surface area contributed by atoms with Crippen molar-refractivity contribution in [2.75, 3.05) is 46.3 Å². The molecule has 1 aliphatic heterocycles. The lowest BCUT2D eigenvalue weighted by Crippen LogP contribution is -2.50. The Labute approximate surface area is 114 Å². The predicted octanol–water partition coefficient (Wildman–Crippen LogP) is 2.18. The third-order valence-electron chi connectivity index (χ3n) is 3.94. The van der Waals surface area contributed by atoms with Gasteiger partial charge in [-0.2, -0.15) is 0 Å². The van der Waals surface area contributed by atoms with Crippen molar-refractivity contribution in [2.24, 2.45) is 0 Å². The summed E-state index contributed by atoms with van der Waals surface area (Å²) >= 11 is 0. The quantitative estimate of drug-likeness (QED) is 0.637. The third kappa shape index (κ3) is 6.72. The topological polar surface area (TPSA) is 18.5 Å². The van der Waals surface area contributed by atoms with Gasteiger partial charge in [-0.25, -0.2) is 0 Å². The van der Waals surface area contributed by atoms with Gasteiger partial charge in [-0.1, -0.05) is 19.8 Å². The Morgan fingerprint density at radius 3 is 2.56 bits per heavy atom. The predicted molar refractivity (Wildman–Crippen MR) is 80.2 cm³/mol. The average Bonchev–Trinajstić information content (AvgIpc) is 2.35. The molecule has 1 rings (SSSR count). The SMILES string of the molecule is CCCNCCCCCCN1CCN(C)CC1C. The molecular weight excluding hydrogens is 222 g/mol. The molecule has 0 aromatic carbocycles. The zero-order chi connectivity index (χ0) is 13.2. The number of nitrogens with zero attached hydrogens (tertiary/aromatic N) is 2. The van der Waals surface area contributed by atoms with Gasteiger partial charge < -0.3 is 10.2 Å². The van der Waals surface area contributed by atoms with Crippen LogP contribution < -0.4 is 5.32 Å². The number of likely N-dealkylation sites (N-methyl/N-ethyl adjacent to an activating group) is 1. The average molecular weight is 255 g/mol. The molecule has 108 valence electrons. The number of hydrogen-bond acceptors (Lipinski definition) is 3. The largest absolute Gasteiger partial charge is 0.317 e. The molecule has 1 N–H and O–H groups in total. The lowest BCUT2D eigenvalue weighted by molar-refractivity contribution is 0.0984. The van der Waals surface area contributed by atoms with Gasteiger partial charge in [0.05, 0.1) is 0 Å². The van der Waals surface area contributed by atoms with Crippen LogP contribution in [-0.2, 0) is 0 Å². The minimum absolute atomic E-state index is 0.745. The number of hydrogen-bond donors (Lipinski definition) is 1. The van der Waals surface area contributed by atoms with Gasteiger partial charge in [-0.15, -0.1) is 0 Å². The van der Waals surface area contributed by atoms with Crippen molar-refractivity contribution in [3.05, 3.63) is 0 Å². The summed E-state index contributed by atoms with van der Waals surface area (Å²) in [7, 11) is 2.23. The second kappa shape index (κ2) is 9.76. The van der Waals surface area contributed by atoms with Crippen molar-refractivity contribution in [2.45, 2.75) is 52.0 Å². The molecule has 3 heteroatoms. The van der Waals surface area contributed by atoms with Crippen molar-refractivity contribution >= 4 is 0 Å². The van der Waals surface area contributed by atoms with E-state index >= 15 is 0 Å². The van der Waals surface area contributed by atoms with Gasteiger partial charge in [0.25, 0.3) is 0 Å². The lowest BCUT2D eigenvalue weighted by Gasteiger charge is -2.38. The maximum absolute atomic E-state index is 3.47. The number of unbranched alkanes of at least 4 members (excludes halogenated alkanes) is 3. The molecular formula is C15H33N3. The first kappa shape index (κ1) is 15.9. The van der Waals surface area contributed by atoms with E-state index in [0.717, 1.165) is 6.04 Å². The van der Waals surface area contributed by atoms with Crippen LogP contribution in [0.3, 0.4) is 0 Å². The van der Waals surface area contributed by atoms with Crippen LogP contribution in [-0.4, -0.2) is 62.2 Å².